The Hall–Kier alpha value is -1.05. The Kier molecular flexibility index (Phi) is 4.50. The van der Waals surface area contributed by atoms with E-state index in [-0.39, 0.29) is 0 Å². The molecule has 0 aliphatic rings. The van der Waals surface area contributed by atoms with E-state index in [1.807, 2.05) is 19.9 Å². The second kappa shape index (κ2) is 5.09. The van der Waals surface area contributed by atoms with Gasteiger partial charge in [-0.1, -0.05) is 12.2 Å². The lowest BCUT2D eigenvalue weighted by Gasteiger charge is -1.83. The smallest absolute Gasteiger partial charge is 0.0494 e. The van der Waals surface area contributed by atoms with Crippen molar-refractivity contribution in [2.45, 2.75) is 13.8 Å². The zero-order valence-electron chi connectivity index (χ0n) is 5.83. The molecule has 0 spiro atoms. The summed E-state index contributed by atoms with van der Waals surface area (Å²) in [5.41, 5.74) is 6.08. The second-order valence-corrected chi connectivity index (χ2v) is 1.55. The highest BCUT2D eigenvalue weighted by atomic mass is 14.7. The van der Waals surface area contributed by atoms with Gasteiger partial charge in [0.25, 0.3) is 0 Å². The monoisotopic (exact) mass is 124 g/mol. The summed E-state index contributed by atoms with van der Waals surface area (Å²) in [7, 11) is 0. The van der Waals surface area contributed by atoms with Crippen LogP contribution in [0, 0.1) is 0 Å². The Morgan fingerprint density at radius 3 is 2.56 bits per heavy atom. The highest BCUT2D eigenvalue weighted by molar-refractivity contribution is 5.77. The minimum absolute atomic E-state index is 0.688. The van der Waals surface area contributed by atoms with E-state index in [9.17, 15) is 0 Å². The molecule has 50 valence electrons. The molecule has 0 atom stereocenters. The third-order valence-corrected chi connectivity index (χ3v) is 0.792. The number of hydrogen-bond acceptors (Lipinski definition) is 2. The number of aliphatic imine (C=N–C) groups is 1. The first-order valence-electron chi connectivity index (χ1n) is 2.87. The van der Waals surface area contributed by atoms with E-state index in [1.54, 1.807) is 18.5 Å². The first-order valence-corrected chi connectivity index (χ1v) is 2.87. The van der Waals surface area contributed by atoms with Crippen molar-refractivity contribution in [1.29, 1.82) is 0 Å². The van der Waals surface area contributed by atoms with E-state index in [0.29, 0.717) is 5.70 Å². The minimum Gasteiger partial charge on any atom is -0.398 e. The maximum absolute atomic E-state index is 5.39. The van der Waals surface area contributed by atoms with Crippen molar-refractivity contribution in [1.82, 2.24) is 0 Å². The van der Waals surface area contributed by atoms with E-state index in [2.05, 4.69) is 4.99 Å². The molecule has 2 heteroatoms. The van der Waals surface area contributed by atoms with Crippen molar-refractivity contribution in [3.63, 3.8) is 0 Å². The Labute approximate surface area is 55.8 Å². The number of nitrogens with zero attached hydrogens (tertiary/aromatic N) is 1. The van der Waals surface area contributed by atoms with Gasteiger partial charge in [-0.2, -0.15) is 0 Å². The SMILES string of the molecule is C/C=C/N=C/C(N)=C\C. The van der Waals surface area contributed by atoms with Crippen LogP contribution < -0.4 is 5.73 Å². The highest BCUT2D eigenvalue weighted by Crippen LogP contribution is 1.77. The zero-order valence-corrected chi connectivity index (χ0v) is 5.83. The molecule has 0 saturated heterocycles. The molecular weight excluding hydrogens is 112 g/mol. The molecule has 0 bridgehead atoms. The Bertz CT molecular complexity index is 143. The summed E-state index contributed by atoms with van der Waals surface area (Å²) in [6.45, 7) is 3.78. The van der Waals surface area contributed by atoms with Gasteiger partial charge in [-0.3, -0.25) is 4.99 Å². The predicted molar refractivity (Wildman–Crippen MR) is 41.3 cm³/mol. The molecule has 0 rings (SSSR count). The maximum Gasteiger partial charge on any atom is 0.0494 e. The zero-order chi connectivity index (χ0) is 7.11. The van der Waals surface area contributed by atoms with Crippen LogP contribution in [0.25, 0.3) is 0 Å². The number of allylic oxidation sites excluding steroid dienone is 3. The van der Waals surface area contributed by atoms with Crippen molar-refractivity contribution in [3.05, 3.63) is 24.0 Å². The van der Waals surface area contributed by atoms with Gasteiger partial charge in [-0.15, -0.1) is 0 Å². The van der Waals surface area contributed by atoms with Crippen LogP contribution in [0.3, 0.4) is 0 Å². The Morgan fingerprint density at radius 1 is 1.44 bits per heavy atom. The van der Waals surface area contributed by atoms with Crippen molar-refractivity contribution in [2.75, 3.05) is 0 Å². The van der Waals surface area contributed by atoms with Gasteiger partial charge in [0.1, 0.15) is 0 Å². The molecule has 2 nitrogen and oxygen atoms in total. The van der Waals surface area contributed by atoms with E-state index in [0.717, 1.165) is 0 Å². The summed E-state index contributed by atoms with van der Waals surface area (Å²) in [6.07, 6.45) is 6.95. The molecule has 0 fully saturated rings. The molecule has 2 N–H and O–H groups in total. The van der Waals surface area contributed by atoms with Crippen LogP contribution in [0.4, 0.5) is 0 Å². The molecule has 0 aromatic carbocycles. The lowest BCUT2D eigenvalue weighted by molar-refractivity contribution is 1.43. The average Bonchev–Trinajstić information content (AvgIpc) is 1.89. The van der Waals surface area contributed by atoms with Crippen LogP contribution in [0.1, 0.15) is 13.8 Å². The number of nitrogens with two attached hydrogens (primary N) is 1. The van der Waals surface area contributed by atoms with Crippen LogP contribution >= 0.6 is 0 Å². The van der Waals surface area contributed by atoms with E-state index >= 15 is 0 Å². The van der Waals surface area contributed by atoms with Gasteiger partial charge >= 0.3 is 0 Å². The maximum atomic E-state index is 5.39. The van der Waals surface area contributed by atoms with Gasteiger partial charge in [-0.25, -0.2) is 0 Å². The van der Waals surface area contributed by atoms with Gasteiger partial charge in [-0.05, 0) is 13.8 Å². The van der Waals surface area contributed by atoms with E-state index in [1.165, 1.54) is 0 Å². The molecule has 9 heavy (non-hydrogen) atoms. The summed E-state index contributed by atoms with van der Waals surface area (Å²) in [6, 6.07) is 0. The molecule has 0 aliphatic heterocycles. The van der Waals surface area contributed by atoms with Crippen LogP contribution in [0.2, 0.25) is 0 Å². The number of hydrogen-bond donors (Lipinski definition) is 1. The molecule has 0 aliphatic carbocycles. The average molecular weight is 124 g/mol. The van der Waals surface area contributed by atoms with Crippen LogP contribution in [0.5, 0.6) is 0 Å². The van der Waals surface area contributed by atoms with E-state index < -0.39 is 0 Å². The summed E-state index contributed by atoms with van der Waals surface area (Å²) in [4.78, 5) is 3.86. The third kappa shape index (κ3) is 4.81. The van der Waals surface area contributed by atoms with Gasteiger partial charge in [0, 0.05) is 18.1 Å². The first-order chi connectivity index (χ1) is 4.31. The molecular formula is C7H12N2. The van der Waals surface area contributed by atoms with Gasteiger partial charge in [0.05, 0.1) is 0 Å². The quantitative estimate of drug-likeness (QED) is 0.556. The Balaban J connectivity index is 3.71. The van der Waals surface area contributed by atoms with Gasteiger partial charge < -0.3 is 5.73 Å². The molecule has 0 heterocycles. The molecule has 0 radical (unpaired) electrons. The summed E-state index contributed by atoms with van der Waals surface area (Å²) in [5.74, 6) is 0. The van der Waals surface area contributed by atoms with Crippen LogP contribution in [0.15, 0.2) is 29.0 Å². The largest absolute Gasteiger partial charge is 0.398 e. The van der Waals surface area contributed by atoms with E-state index in [4.69, 9.17) is 5.73 Å². The minimum atomic E-state index is 0.688. The standard InChI is InChI=1S/C7H12N2/c1-3-5-9-6-7(8)4-2/h3-6H,8H2,1-2H3/b5-3+,7-4+,9-6+. The molecule has 0 aromatic rings. The topological polar surface area (TPSA) is 38.4 Å². The van der Waals surface area contributed by atoms with Crippen molar-refractivity contribution in [2.24, 2.45) is 10.7 Å². The fourth-order valence-electron chi connectivity index (χ4n) is 0.290. The molecule has 0 aromatic heterocycles. The highest BCUT2D eigenvalue weighted by Gasteiger charge is 1.73. The summed E-state index contributed by atoms with van der Waals surface area (Å²) < 4.78 is 0. The first kappa shape index (κ1) is 7.95. The summed E-state index contributed by atoms with van der Waals surface area (Å²) in [5, 5.41) is 0. The normalized spacial score (nSPS) is 13.8. The van der Waals surface area contributed by atoms with Gasteiger partial charge in [0.15, 0.2) is 0 Å². The second-order valence-electron chi connectivity index (χ2n) is 1.55. The summed E-state index contributed by atoms with van der Waals surface area (Å²) >= 11 is 0. The van der Waals surface area contributed by atoms with Crippen molar-refractivity contribution >= 4 is 6.21 Å². The van der Waals surface area contributed by atoms with Crippen molar-refractivity contribution < 1.29 is 0 Å². The molecule has 0 unspecified atom stereocenters. The predicted octanol–water partition coefficient (Wildman–Crippen LogP) is 1.45. The molecule has 0 amide bonds. The van der Waals surface area contributed by atoms with Crippen LogP contribution in [-0.4, -0.2) is 6.21 Å². The fourth-order valence-corrected chi connectivity index (χ4v) is 0.290. The molecule has 0 saturated carbocycles. The van der Waals surface area contributed by atoms with Crippen molar-refractivity contribution in [3.8, 4) is 0 Å². The Morgan fingerprint density at radius 2 is 2.11 bits per heavy atom. The fraction of sp³-hybridized carbons (Fsp3) is 0.286. The number of rotatable bonds is 2. The van der Waals surface area contributed by atoms with Crippen LogP contribution in [-0.2, 0) is 0 Å². The van der Waals surface area contributed by atoms with Gasteiger partial charge in [0.2, 0.25) is 0 Å². The third-order valence-electron chi connectivity index (χ3n) is 0.792. The lowest BCUT2D eigenvalue weighted by Crippen LogP contribution is -1.95. The lowest BCUT2D eigenvalue weighted by atomic mass is 10.5.